The van der Waals surface area contributed by atoms with Crippen LogP contribution >= 0.6 is 0 Å². The minimum Gasteiger partial charge on any atom is -0.323 e. The zero-order chi connectivity index (χ0) is 14.8. The van der Waals surface area contributed by atoms with Crippen LogP contribution in [-0.4, -0.2) is 15.9 Å². The summed E-state index contributed by atoms with van der Waals surface area (Å²) in [5.74, 6) is 0.0807. The predicted octanol–water partition coefficient (Wildman–Crippen LogP) is 3.27. The molecule has 2 rings (SSSR count). The van der Waals surface area contributed by atoms with Gasteiger partial charge in [-0.3, -0.25) is 4.79 Å². The van der Waals surface area contributed by atoms with E-state index in [-0.39, 0.29) is 11.7 Å². The Hall–Kier alpha value is -2.30. The number of rotatable bonds is 2. The van der Waals surface area contributed by atoms with Gasteiger partial charge in [-0.15, -0.1) is 0 Å². The minimum atomic E-state index is -0.477. The highest BCUT2D eigenvalue weighted by atomic mass is 19.1. The predicted molar refractivity (Wildman–Crippen MR) is 75.5 cm³/mol. The summed E-state index contributed by atoms with van der Waals surface area (Å²) in [7, 11) is 0. The van der Waals surface area contributed by atoms with Crippen LogP contribution in [0.1, 0.15) is 20.8 Å². The lowest BCUT2D eigenvalue weighted by atomic mass is 9.96. The van der Waals surface area contributed by atoms with Crippen molar-refractivity contribution in [3.8, 4) is 11.4 Å². The second kappa shape index (κ2) is 5.36. The van der Waals surface area contributed by atoms with Crippen molar-refractivity contribution in [1.29, 1.82) is 0 Å². The molecule has 0 atom stereocenters. The molecule has 0 spiro atoms. The number of amides is 1. The van der Waals surface area contributed by atoms with Gasteiger partial charge < -0.3 is 5.32 Å². The maximum absolute atomic E-state index is 12.8. The van der Waals surface area contributed by atoms with Crippen molar-refractivity contribution in [3.05, 3.63) is 42.5 Å². The molecule has 0 radical (unpaired) electrons. The van der Waals surface area contributed by atoms with Crippen LogP contribution in [0.5, 0.6) is 0 Å². The summed E-state index contributed by atoms with van der Waals surface area (Å²) in [5.41, 5.74) is 0.784. The van der Waals surface area contributed by atoms with Crippen molar-refractivity contribution in [2.24, 2.45) is 5.41 Å². The maximum Gasteiger partial charge on any atom is 0.229 e. The number of benzene rings is 1. The molecule has 0 aliphatic heterocycles. The Balaban J connectivity index is 2.14. The van der Waals surface area contributed by atoms with E-state index in [9.17, 15) is 9.18 Å². The number of halogens is 1. The molecule has 20 heavy (non-hydrogen) atoms. The topological polar surface area (TPSA) is 54.9 Å². The first-order valence-electron chi connectivity index (χ1n) is 6.26. The molecule has 0 saturated carbocycles. The second-order valence-electron chi connectivity index (χ2n) is 5.51. The zero-order valence-electron chi connectivity index (χ0n) is 11.6. The summed E-state index contributed by atoms with van der Waals surface area (Å²) in [6, 6.07) is 5.93. The maximum atomic E-state index is 12.8. The number of nitrogens with one attached hydrogen (secondary N) is 1. The van der Waals surface area contributed by atoms with E-state index in [4.69, 9.17) is 0 Å². The van der Waals surface area contributed by atoms with E-state index in [0.717, 1.165) is 5.56 Å². The van der Waals surface area contributed by atoms with Crippen LogP contribution in [0.25, 0.3) is 11.4 Å². The van der Waals surface area contributed by atoms with E-state index in [2.05, 4.69) is 15.3 Å². The van der Waals surface area contributed by atoms with Crippen molar-refractivity contribution < 1.29 is 9.18 Å². The Morgan fingerprint density at radius 1 is 1.10 bits per heavy atom. The first kappa shape index (κ1) is 14.1. The van der Waals surface area contributed by atoms with Gasteiger partial charge in [0.05, 0.1) is 18.1 Å². The Morgan fingerprint density at radius 3 is 2.15 bits per heavy atom. The molecule has 1 aromatic heterocycles. The van der Waals surface area contributed by atoms with Crippen molar-refractivity contribution in [3.63, 3.8) is 0 Å². The van der Waals surface area contributed by atoms with Gasteiger partial charge in [0.2, 0.25) is 5.91 Å². The fourth-order valence-corrected chi connectivity index (χ4v) is 1.46. The average molecular weight is 273 g/mol. The Bertz CT molecular complexity index is 601. The second-order valence-corrected chi connectivity index (χ2v) is 5.51. The van der Waals surface area contributed by atoms with Crippen molar-refractivity contribution in [2.45, 2.75) is 20.8 Å². The van der Waals surface area contributed by atoms with Gasteiger partial charge in [-0.25, -0.2) is 14.4 Å². The number of aromatic nitrogens is 2. The van der Waals surface area contributed by atoms with Crippen LogP contribution in [-0.2, 0) is 4.79 Å². The van der Waals surface area contributed by atoms with E-state index in [1.54, 1.807) is 12.1 Å². The molecule has 104 valence electrons. The molecule has 0 aliphatic rings. The fraction of sp³-hybridized carbons (Fsp3) is 0.267. The molecule has 0 aliphatic carbocycles. The first-order valence-corrected chi connectivity index (χ1v) is 6.26. The molecule has 0 fully saturated rings. The highest BCUT2D eigenvalue weighted by Crippen LogP contribution is 2.18. The number of hydrogen-bond acceptors (Lipinski definition) is 3. The van der Waals surface area contributed by atoms with Gasteiger partial charge >= 0.3 is 0 Å². The summed E-state index contributed by atoms with van der Waals surface area (Å²) >= 11 is 0. The van der Waals surface area contributed by atoms with Crippen molar-refractivity contribution >= 4 is 11.6 Å². The van der Waals surface area contributed by atoms with Gasteiger partial charge in [0.1, 0.15) is 5.82 Å². The molecule has 1 aromatic carbocycles. The third-order valence-electron chi connectivity index (χ3n) is 2.69. The van der Waals surface area contributed by atoms with Crippen molar-refractivity contribution in [1.82, 2.24) is 9.97 Å². The smallest absolute Gasteiger partial charge is 0.229 e. The quantitative estimate of drug-likeness (QED) is 0.913. The van der Waals surface area contributed by atoms with Crippen LogP contribution in [0.3, 0.4) is 0 Å². The molecule has 0 unspecified atom stereocenters. The molecule has 5 heteroatoms. The largest absolute Gasteiger partial charge is 0.323 e. The Morgan fingerprint density at radius 2 is 1.65 bits per heavy atom. The standard InChI is InChI=1S/C15H16FN3O/c1-15(2,3)14(20)19-12-8-17-13(18-9-12)10-4-6-11(16)7-5-10/h4-9H,1-3H3,(H,19,20). The van der Waals surface area contributed by atoms with Crippen LogP contribution in [0.4, 0.5) is 10.1 Å². The van der Waals surface area contributed by atoms with E-state index < -0.39 is 5.41 Å². The number of anilines is 1. The molecule has 1 heterocycles. The van der Waals surface area contributed by atoms with Crippen LogP contribution in [0, 0.1) is 11.2 Å². The Labute approximate surface area is 117 Å². The fourth-order valence-electron chi connectivity index (χ4n) is 1.46. The van der Waals surface area contributed by atoms with Crippen molar-refractivity contribution in [2.75, 3.05) is 5.32 Å². The van der Waals surface area contributed by atoms with E-state index in [0.29, 0.717) is 11.5 Å². The molecular weight excluding hydrogens is 257 g/mol. The van der Waals surface area contributed by atoms with Gasteiger partial charge in [0.25, 0.3) is 0 Å². The van der Waals surface area contributed by atoms with Gasteiger partial charge in [0.15, 0.2) is 5.82 Å². The monoisotopic (exact) mass is 273 g/mol. The molecule has 1 amide bonds. The Kier molecular flexibility index (Phi) is 3.79. The summed E-state index contributed by atoms with van der Waals surface area (Å²) in [5, 5.41) is 2.75. The highest BCUT2D eigenvalue weighted by molar-refractivity contribution is 5.94. The molecule has 0 saturated heterocycles. The third-order valence-corrected chi connectivity index (χ3v) is 2.69. The highest BCUT2D eigenvalue weighted by Gasteiger charge is 2.21. The minimum absolute atomic E-state index is 0.101. The molecule has 0 bridgehead atoms. The molecule has 4 nitrogen and oxygen atoms in total. The lowest BCUT2D eigenvalue weighted by molar-refractivity contribution is -0.123. The van der Waals surface area contributed by atoms with E-state index in [1.807, 2.05) is 20.8 Å². The molecule has 1 N–H and O–H groups in total. The summed E-state index contributed by atoms with van der Waals surface area (Å²) in [4.78, 5) is 20.1. The van der Waals surface area contributed by atoms with E-state index >= 15 is 0 Å². The molecule has 2 aromatic rings. The van der Waals surface area contributed by atoms with E-state index in [1.165, 1.54) is 24.5 Å². The summed E-state index contributed by atoms with van der Waals surface area (Å²) in [6.07, 6.45) is 3.07. The third kappa shape index (κ3) is 3.38. The zero-order valence-corrected chi connectivity index (χ0v) is 11.6. The number of nitrogens with zero attached hydrogens (tertiary/aromatic N) is 2. The van der Waals surface area contributed by atoms with Crippen LogP contribution in [0.15, 0.2) is 36.7 Å². The average Bonchev–Trinajstić information content (AvgIpc) is 2.39. The number of carbonyl (C=O) groups excluding carboxylic acids is 1. The number of carbonyl (C=O) groups is 1. The lowest BCUT2D eigenvalue weighted by Gasteiger charge is -2.17. The SMILES string of the molecule is CC(C)(C)C(=O)Nc1cnc(-c2ccc(F)cc2)nc1. The van der Waals surface area contributed by atoms with Crippen LogP contribution < -0.4 is 5.32 Å². The van der Waals surface area contributed by atoms with Gasteiger partial charge in [-0.1, -0.05) is 20.8 Å². The van der Waals surface area contributed by atoms with Gasteiger partial charge in [-0.2, -0.15) is 0 Å². The van der Waals surface area contributed by atoms with Crippen LogP contribution in [0.2, 0.25) is 0 Å². The van der Waals surface area contributed by atoms with Gasteiger partial charge in [0, 0.05) is 11.0 Å². The lowest BCUT2D eigenvalue weighted by Crippen LogP contribution is -2.27. The summed E-state index contributed by atoms with van der Waals surface area (Å²) < 4.78 is 12.8. The van der Waals surface area contributed by atoms with Gasteiger partial charge in [-0.05, 0) is 24.3 Å². The summed E-state index contributed by atoms with van der Waals surface area (Å²) in [6.45, 7) is 5.49. The normalized spacial score (nSPS) is 11.2. The molecular formula is C15H16FN3O. The number of hydrogen-bond donors (Lipinski definition) is 1. The first-order chi connectivity index (χ1) is 9.36.